The third-order valence-corrected chi connectivity index (χ3v) is 3.49. The zero-order chi connectivity index (χ0) is 11.8. The van der Waals surface area contributed by atoms with Crippen LogP contribution in [0.4, 0.5) is 0 Å². The molecule has 0 unspecified atom stereocenters. The first-order valence-electron chi connectivity index (χ1n) is 6.77. The zero-order valence-corrected chi connectivity index (χ0v) is 10.5. The van der Waals surface area contributed by atoms with Crippen molar-refractivity contribution in [2.75, 3.05) is 19.8 Å². The number of rotatable bonds is 8. The minimum absolute atomic E-state index is 0.833. The summed E-state index contributed by atoms with van der Waals surface area (Å²) in [5, 5.41) is 3.39. The molecule has 17 heavy (non-hydrogen) atoms. The van der Waals surface area contributed by atoms with Gasteiger partial charge in [0.2, 0.25) is 0 Å². The van der Waals surface area contributed by atoms with Gasteiger partial charge in [0.1, 0.15) is 0 Å². The van der Waals surface area contributed by atoms with Gasteiger partial charge in [0.25, 0.3) is 0 Å². The second kappa shape index (κ2) is 7.46. The molecule has 94 valence electrons. The fourth-order valence-corrected chi connectivity index (χ4v) is 2.11. The zero-order valence-electron chi connectivity index (χ0n) is 10.5. The molecule has 0 amide bonds. The van der Waals surface area contributed by atoms with E-state index in [9.17, 15) is 0 Å². The maximum Gasteiger partial charge on any atom is 0.0591 e. The molecule has 1 aliphatic carbocycles. The average molecular weight is 233 g/mol. The van der Waals surface area contributed by atoms with Crippen LogP contribution < -0.4 is 5.32 Å². The van der Waals surface area contributed by atoms with Crippen LogP contribution in [-0.4, -0.2) is 19.8 Å². The molecule has 1 fully saturated rings. The molecular weight excluding hydrogens is 210 g/mol. The van der Waals surface area contributed by atoms with Gasteiger partial charge in [-0.2, -0.15) is 0 Å². The highest BCUT2D eigenvalue weighted by molar-refractivity contribution is 5.14. The number of benzene rings is 1. The topological polar surface area (TPSA) is 21.3 Å². The third-order valence-electron chi connectivity index (χ3n) is 3.49. The fourth-order valence-electron chi connectivity index (χ4n) is 2.11. The lowest BCUT2D eigenvalue weighted by atomic mass is 9.83. The molecular formula is C15H23NO. The van der Waals surface area contributed by atoms with Gasteiger partial charge in [0.15, 0.2) is 0 Å². The Morgan fingerprint density at radius 3 is 2.65 bits per heavy atom. The van der Waals surface area contributed by atoms with Crippen LogP contribution in [0.25, 0.3) is 0 Å². The van der Waals surface area contributed by atoms with Crippen LogP contribution in [0.5, 0.6) is 0 Å². The predicted octanol–water partition coefficient (Wildman–Crippen LogP) is 2.98. The van der Waals surface area contributed by atoms with E-state index in [1.54, 1.807) is 0 Å². The average Bonchev–Trinajstić information content (AvgIpc) is 2.31. The van der Waals surface area contributed by atoms with E-state index in [4.69, 9.17) is 4.74 Å². The van der Waals surface area contributed by atoms with Crippen LogP contribution in [0.2, 0.25) is 0 Å². The molecule has 0 heterocycles. The van der Waals surface area contributed by atoms with Gasteiger partial charge < -0.3 is 10.1 Å². The first-order valence-corrected chi connectivity index (χ1v) is 6.77. The molecule has 0 spiro atoms. The van der Waals surface area contributed by atoms with Crippen molar-refractivity contribution in [1.29, 1.82) is 0 Å². The monoisotopic (exact) mass is 233 g/mol. The number of hydrogen-bond acceptors (Lipinski definition) is 2. The van der Waals surface area contributed by atoms with Crippen LogP contribution in [0.1, 0.15) is 31.2 Å². The largest absolute Gasteiger partial charge is 0.380 e. The van der Waals surface area contributed by atoms with Gasteiger partial charge in [-0.3, -0.25) is 0 Å². The molecule has 0 atom stereocenters. The van der Waals surface area contributed by atoms with Crippen LogP contribution in [0, 0.1) is 5.92 Å². The van der Waals surface area contributed by atoms with Gasteiger partial charge >= 0.3 is 0 Å². The highest BCUT2D eigenvalue weighted by atomic mass is 16.5. The van der Waals surface area contributed by atoms with Gasteiger partial charge in [-0.25, -0.2) is 0 Å². The van der Waals surface area contributed by atoms with Gasteiger partial charge in [-0.1, -0.05) is 49.6 Å². The molecule has 0 bridgehead atoms. The lowest BCUT2D eigenvalue weighted by Gasteiger charge is -2.24. The number of nitrogens with one attached hydrogen (secondary N) is 1. The van der Waals surface area contributed by atoms with E-state index in [0.29, 0.717) is 0 Å². The maximum absolute atomic E-state index is 5.62. The molecule has 2 nitrogen and oxygen atoms in total. The molecule has 2 heteroatoms. The Balaban J connectivity index is 1.41. The van der Waals surface area contributed by atoms with Crippen molar-refractivity contribution in [3.05, 3.63) is 35.9 Å². The molecule has 0 radical (unpaired) electrons. The van der Waals surface area contributed by atoms with Crippen molar-refractivity contribution in [2.45, 2.75) is 32.2 Å². The first kappa shape index (κ1) is 12.6. The normalized spacial score (nSPS) is 15.8. The van der Waals surface area contributed by atoms with Gasteiger partial charge in [0.05, 0.1) is 6.61 Å². The van der Waals surface area contributed by atoms with Gasteiger partial charge in [-0.05, 0) is 17.9 Å². The number of hydrogen-bond donors (Lipinski definition) is 1. The molecule has 1 saturated carbocycles. The summed E-state index contributed by atoms with van der Waals surface area (Å²) in [5.74, 6) is 0.965. The van der Waals surface area contributed by atoms with Gasteiger partial charge in [-0.15, -0.1) is 0 Å². The predicted molar refractivity (Wildman–Crippen MR) is 70.9 cm³/mol. The summed E-state index contributed by atoms with van der Waals surface area (Å²) in [6.45, 7) is 3.66. The molecule has 1 aromatic carbocycles. The van der Waals surface area contributed by atoms with E-state index in [0.717, 1.165) is 32.2 Å². The van der Waals surface area contributed by atoms with Crippen molar-refractivity contribution in [2.24, 2.45) is 5.92 Å². The van der Waals surface area contributed by atoms with E-state index in [-0.39, 0.29) is 0 Å². The minimum atomic E-state index is 0.833. The second-order valence-corrected chi connectivity index (χ2v) is 4.86. The second-order valence-electron chi connectivity index (χ2n) is 4.86. The standard InChI is InChI=1S/C15H23NO/c1-2-5-15(6-3-1)13-16-10-12-17-11-9-14-7-4-8-14/h1-3,5-6,14,16H,4,7-13H2. The van der Waals surface area contributed by atoms with Crippen LogP contribution >= 0.6 is 0 Å². The Bertz CT molecular complexity index is 295. The highest BCUT2D eigenvalue weighted by Crippen LogP contribution is 2.28. The molecule has 1 aromatic rings. The molecule has 2 rings (SSSR count). The van der Waals surface area contributed by atoms with Crippen molar-refractivity contribution < 1.29 is 4.74 Å². The van der Waals surface area contributed by atoms with Crippen LogP contribution in [0.15, 0.2) is 30.3 Å². The minimum Gasteiger partial charge on any atom is -0.380 e. The first-order chi connectivity index (χ1) is 8.45. The summed E-state index contributed by atoms with van der Waals surface area (Å²) >= 11 is 0. The molecule has 0 saturated heterocycles. The van der Waals surface area contributed by atoms with E-state index >= 15 is 0 Å². The van der Waals surface area contributed by atoms with E-state index in [1.165, 1.54) is 31.2 Å². The van der Waals surface area contributed by atoms with Crippen LogP contribution in [0.3, 0.4) is 0 Å². The summed E-state index contributed by atoms with van der Waals surface area (Å²) in [5.41, 5.74) is 1.34. The van der Waals surface area contributed by atoms with E-state index in [2.05, 4.69) is 29.6 Å². The Morgan fingerprint density at radius 2 is 1.94 bits per heavy atom. The summed E-state index contributed by atoms with van der Waals surface area (Å²) in [7, 11) is 0. The van der Waals surface area contributed by atoms with Crippen LogP contribution in [-0.2, 0) is 11.3 Å². The summed E-state index contributed by atoms with van der Waals surface area (Å²) in [4.78, 5) is 0. The maximum atomic E-state index is 5.62. The summed E-state index contributed by atoms with van der Waals surface area (Å²) < 4.78 is 5.62. The Morgan fingerprint density at radius 1 is 1.12 bits per heavy atom. The number of ether oxygens (including phenoxy) is 1. The summed E-state index contributed by atoms with van der Waals surface area (Å²) in [6, 6.07) is 10.5. The third kappa shape index (κ3) is 4.88. The lowest BCUT2D eigenvalue weighted by molar-refractivity contribution is 0.108. The summed E-state index contributed by atoms with van der Waals surface area (Å²) in [6.07, 6.45) is 5.55. The smallest absolute Gasteiger partial charge is 0.0591 e. The quantitative estimate of drug-likeness (QED) is 0.697. The van der Waals surface area contributed by atoms with E-state index < -0.39 is 0 Å². The SMILES string of the molecule is c1ccc(CNCCOCCC2CCC2)cc1. The highest BCUT2D eigenvalue weighted by Gasteiger charge is 2.16. The fraction of sp³-hybridized carbons (Fsp3) is 0.600. The Kier molecular flexibility index (Phi) is 5.53. The van der Waals surface area contributed by atoms with Crippen molar-refractivity contribution in [3.63, 3.8) is 0 Å². The molecule has 1 aliphatic rings. The Hall–Kier alpha value is -0.860. The lowest BCUT2D eigenvalue weighted by Crippen LogP contribution is -2.20. The van der Waals surface area contributed by atoms with Crippen molar-refractivity contribution in [1.82, 2.24) is 5.32 Å². The molecule has 0 aliphatic heterocycles. The molecule has 1 N–H and O–H groups in total. The molecule has 0 aromatic heterocycles. The van der Waals surface area contributed by atoms with Crippen molar-refractivity contribution in [3.8, 4) is 0 Å². The Labute approximate surface area is 104 Å². The van der Waals surface area contributed by atoms with E-state index in [1.807, 2.05) is 6.07 Å². The van der Waals surface area contributed by atoms with Gasteiger partial charge in [0, 0.05) is 19.7 Å². The van der Waals surface area contributed by atoms with Crippen molar-refractivity contribution >= 4 is 0 Å².